The van der Waals surface area contributed by atoms with Crippen LogP contribution in [0.4, 0.5) is 5.13 Å². The molecule has 0 saturated heterocycles. The summed E-state index contributed by atoms with van der Waals surface area (Å²) in [5.74, 6) is -0.291. The van der Waals surface area contributed by atoms with Crippen molar-refractivity contribution in [3.63, 3.8) is 0 Å². The smallest absolute Gasteiger partial charge is 0.252 e. The summed E-state index contributed by atoms with van der Waals surface area (Å²) in [7, 11) is -3.63. The normalized spacial score (nSPS) is 11.3. The number of anilines is 1. The maximum atomic E-state index is 12.1. The van der Waals surface area contributed by atoms with Crippen LogP contribution in [0.3, 0.4) is 0 Å². The van der Waals surface area contributed by atoms with Crippen LogP contribution in [0.2, 0.25) is 0 Å². The summed E-state index contributed by atoms with van der Waals surface area (Å²) in [6, 6.07) is 7.58. The second-order valence-electron chi connectivity index (χ2n) is 4.48. The van der Waals surface area contributed by atoms with Gasteiger partial charge in [-0.15, -0.1) is 0 Å². The molecule has 0 fully saturated rings. The quantitative estimate of drug-likeness (QED) is 0.878. The molecule has 1 amide bonds. The third kappa shape index (κ3) is 4.35. The van der Waals surface area contributed by atoms with Gasteiger partial charge in [-0.25, -0.2) is 18.1 Å². The van der Waals surface area contributed by atoms with Crippen molar-refractivity contribution in [1.82, 2.24) is 9.71 Å². The lowest BCUT2D eigenvalue weighted by molar-refractivity contribution is -0.114. The van der Waals surface area contributed by atoms with Gasteiger partial charge in [0.05, 0.1) is 6.20 Å². The summed E-state index contributed by atoms with van der Waals surface area (Å²) in [6.45, 7) is 3.51. The van der Waals surface area contributed by atoms with E-state index in [-0.39, 0.29) is 21.8 Å². The molecule has 0 aliphatic heterocycles. The van der Waals surface area contributed by atoms with E-state index in [1.54, 1.807) is 0 Å². The molecule has 2 aromatic rings. The Labute approximate surface area is 127 Å². The van der Waals surface area contributed by atoms with Crippen molar-refractivity contribution in [2.45, 2.75) is 24.6 Å². The maximum Gasteiger partial charge on any atom is 0.252 e. The zero-order valence-corrected chi connectivity index (χ0v) is 13.2. The lowest BCUT2D eigenvalue weighted by Gasteiger charge is -2.04. The number of carbonyl (C=O) groups excluding carboxylic acids is 1. The van der Waals surface area contributed by atoms with Crippen molar-refractivity contribution in [2.24, 2.45) is 0 Å². The van der Waals surface area contributed by atoms with E-state index in [0.717, 1.165) is 22.5 Å². The summed E-state index contributed by atoms with van der Waals surface area (Å²) < 4.78 is 26.8. The molecular formula is C13H15N3O3S2. The van der Waals surface area contributed by atoms with E-state index in [2.05, 4.69) is 15.0 Å². The molecule has 1 aromatic heterocycles. The number of aromatic nitrogens is 1. The molecule has 0 atom stereocenters. The van der Waals surface area contributed by atoms with Crippen molar-refractivity contribution in [3.05, 3.63) is 41.6 Å². The molecule has 21 heavy (non-hydrogen) atoms. The Kier molecular flexibility index (Phi) is 4.71. The van der Waals surface area contributed by atoms with E-state index < -0.39 is 10.0 Å². The zero-order chi connectivity index (χ0) is 15.5. The molecule has 0 bridgehead atoms. The fraction of sp³-hybridized carbons (Fsp3) is 0.231. The minimum Gasteiger partial charge on any atom is -0.302 e. The number of nitrogens with zero attached hydrogens (tertiary/aromatic N) is 1. The predicted molar refractivity (Wildman–Crippen MR) is 81.6 cm³/mol. The molecule has 1 heterocycles. The standard InChI is InChI=1S/C13H15N3O3S2/c1-9-3-5-11(6-4-9)7-15-21(18,19)12-8-14-13(20-12)16-10(2)17/h3-6,8,15H,7H2,1-2H3,(H,14,16,17). The number of aryl methyl sites for hydroxylation is 1. The number of rotatable bonds is 5. The van der Waals surface area contributed by atoms with Crippen LogP contribution in [0.1, 0.15) is 18.1 Å². The Bertz CT molecular complexity index is 736. The highest BCUT2D eigenvalue weighted by Gasteiger charge is 2.18. The fourth-order valence-electron chi connectivity index (χ4n) is 1.55. The van der Waals surface area contributed by atoms with E-state index in [0.29, 0.717) is 0 Å². The van der Waals surface area contributed by atoms with Gasteiger partial charge in [0.25, 0.3) is 10.0 Å². The molecular weight excluding hydrogens is 310 g/mol. The molecule has 8 heteroatoms. The average molecular weight is 325 g/mol. The van der Waals surface area contributed by atoms with Gasteiger partial charge in [0.1, 0.15) is 0 Å². The molecule has 0 saturated carbocycles. The van der Waals surface area contributed by atoms with E-state index in [9.17, 15) is 13.2 Å². The molecule has 6 nitrogen and oxygen atoms in total. The van der Waals surface area contributed by atoms with Gasteiger partial charge in [-0.1, -0.05) is 41.2 Å². The maximum absolute atomic E-state index is 12.1. The second kappa shape index (κ2) is 6.33. The third-order valence-electron chi connectivity index (χ3n) is 2.62. The van der Waals surface area contributed by atoms with Gasteiger partial charge < -0.3 is 5.32 Å². The number of thiazole rings is 1. The first-order valence-electron chi connectivity index (χ1n) is 6.15. The molecule has 0 radical (unpaired) electrons. The van der Waals surface area contributed by atoms with Crippen LogP contribution >= 0.6 is 11.3 Å². The van der Waals surface area contributed by atoms with Crippen LogP contribution in [0.5, 0.6) is 0 Å². The first kappa shape index (κ1) is 15.6. The van der Waals surface area contributed by atoms with Gasteiger partial charge in [0, 0.05) is 13.5 Å². The number of sulfonamides is 1. The van der Waals surface area contributed by atoms with Crippen molar-refractivity contribution >= 4 is 32.4 Å². The Morgan fingerprint density at radius 1 is 1.29 bits per heavy atom. The van der Waals surface area contributed by atoms with Crippen molar-refractivity contribution in [1.29, 1.82) is 0 Å². The average Bonchev–Trinajstić information content (AvgIpc) is 2.86. The molecule has 2 rings (SSSR count). The largest absolute Gasteiger partial charge is 0.302 e. The van der Waals surface area contributed by atoms with Gasteiger partial charge >= 0.3 is 0 Å². The Balaban J connectivity index is 2.06. The predicted octanol–water partition coefficient (Wildman–Crippen LogP) is 1.89. The van der Waals surface area contributed by atoms with Gasteiger partial charge in [-0.3, -0.25) is 4.79 Å². The summed E-state index contributed by atoms with van der Waals surface area (Å²) >= 11 is 0.912. The highest BCUT2D eigenvalue weighted by Crippen LogP contribution is 2.22. The number of amides is 1. The number of benzene rings is 1. The van der Waals surface area contributed by atoms with Crippen molar-refractivity contribution < 1.29 is 13.2 Å². The molecule has 0 aliphatic carbocycles. The summed E-state index contributed by atoms with van der Waals surface area (Å²) in [5.41, 5.74) is 1.99. The Morgan fingerprint density at radius 2 is 1.95 bits per heavy atom. The summed E-state index contributed by atoms with van der Waals surface area (Å²) in [6.07, 6.45) is 1.23. The lowest BCUT2D eigenvalue weighted by Crippen LogP contribution is -2.22. The summed E-state index contributed by atoms with van der Waals surface area (Å²) in [5, 5.41) is 2.72. The van der Waals surface area contributed by atoms with Crippen molar-refractivity contribution in [3.8, 4) is 0 Å². The Hall–Kier alpha value is -1.77. The van der Waals surface area contributed by atoms with E-state index in [1.807, 2.05) is 31.2 Å². The van der Waals surface area contributed by atoms with Crippen LogP contribution in [0.15, 0.2) is 34.7 Å². The van der Waals surface area contributed by atoms with Gasteiger partial charge in [-0.2, -0.15) is 0 Å². The van der Waals surface area contributed by atoms with Gasteiger partial charge in [0.15, 0.2) is 9.34 Å². The first-order valence-corrected chi connectivity index (χ1v) is 8.45. The van der Waals surface area contributed by atoms with Crippen LogP contribution in [-0.2, 0) is 21.4 Å². The summed E-state index contributed by atoms with van der Waals surface area (Å²) in [4.78, 5) is 14.8. The number of nitrogens with one attached hydrogen (secondary N) is 2. The van der Waals surface area contributed by atoms with E-state index in [1.165, 1.54) is 13.1 Å². The lowest BCUT2D eigenvalue weighted by atomic mass is 10.2. The monoisotopic (exact) mass is 325 g/mol. The number of hydrogen-bond donors (Lipinski definition) is 2. The van der Waals surface area contributed by atoms with Gasteiger partial charge in [0.2, 0.25) is 5.91 Å². The molecule has 112 valence electrons. The fourth-order valence-corrected chi connectivity index (χ4v) is 3.69. The molecule has 0 aliphatic rings. The Morgan fingerprint density at radius 3 is 2.57 bits per heavy atom. The number of hydrogen-bond acceptors (Lipinski definition) is 5. The molecule has 0 unspecified atom stereocenters. The van der Waals surface area contributed by atoms with E-state index in [4.69, 9.17) is 0 Å². The first-order chi connectivity index (χ1) is 9.87. The molecule has 0 spiro atoms. The van der Waals surface area contributed by atoms with Gasteiger partial charge in [-0.05, 0) is 12.5 Å². The van der Waals surface area contributed by atoms with Crippen LogP contribution in [-0.4, -0.2) is 19.3 Å². The van der Waals surface area contributed by atoms with Crippen molar-refractivity contribution in [2.75, 3.05) is 5.32 Å². The van der Waals surface area contributed by atoms with Crippen LogP contribution in [0.25, 0.3) is 0 Å². The SMILES string of the molecule is CC(=O)Nc1ncc(S(=O)(=O)NCc2ccc(C)cc2)s1. The topological polar surface area (TPSA) is 88.2 Å². The second-order valence-corrected chi connectivity index (χ2v) is 7.50. The minimum absolute atomic E-state index is 0.0679. The van der Waals surface area contributed by atoms with Crippen LogP contribution in [0, 0.1) is 6.92 Å². The van der Waals surface area contributed by atoms with E-state index >= 15 is 0 Å². The number of carbonyl (C=O) groups is 1. The van der Waals surface area contributed by atoms with Crippen LogP contribution < -0.4 is 10.0 Å². The minimum atomic E-state index is -3.63. The molecule has 1 aromatic carbocycles. The highest BCUT2D eigenvalue weighted by molar-refractivity contribution is 7.91. The third-order valence-corrected chi connectivity index (χ3v) is 5.39. The zero-order valence-electron chi connectivity index (χ0n) is 11.6. The highest BCUT2D eigenvalue weighted by atomic mass is 32.2. The molecule has 2 N–H and O–H groups in total.